The summed E-state index contributed by atoms with van der Waals surface area (Å²) < 4.78 is 0. The molecule has 0 spiro atoms. The van der Waals surface area contributed by atoms with E-state index in [-0.39, 0.29) is 11.3 Å². The molecule has 15 heavy (non-hydrogen) atoms. The van der Waals surface area contributed by atoms with Crippen molar-refractivity contribution in [1.82, 2.24) is 10.6 Å². The molecule has 0 aromatic carbocycles. The second kappa shape index (κ2) is 4.52. The average Bonchev–Trinajstić information content (AvgIpc) is 2.16. The third-order valence-corrected chi connectivity index (χ3v) is 4.03. The van der Waals surface area contributed by atoms with Gasteiger partial charge in [0.05, 0.1) is 0 Å². The van der Waals surface area contributed by atoms with Gasteiger partial charge in [0.15, 0.2) is 0 Å². The predicted octanol–water partition coefficient (Wildman–Crippen LogP) is 1.29. The molecule has 2 aliphatic rings. The zero-order valence-electron chi connectivity index (χ0n) is 9.64. The molecule has 2 rings (SSSR count). The smallest absolute Gasteiger partial charge is 0.226 e. The van der Waals surface area contributed by atoms with Crippen LogP contribution in [0.2, 0.25) is 0 Å². The number of amides is 1. The molecule has 1 heterocycles. The van der Waals surface area contributed by atoms with Gasteiger partial charge in [-0.1, -0.05) is 13.3 Å². The number of carbonyl (C=O) groups excluding carboxylic acids is 1. The predicted molar refractivity (Wildman–Crippen MR) is 60.6 cm³/mol. The Morgan fingerprint density at radius 2 is 2.07 bits per heavy atom. The van der Waals surface area contributed by atoms with Crippen LogP contribution in [-0.2, 0) is 4.79 Å². The van der Waals surface area contributed by atoms with E-state index in [2.05, 4.69) is 17.6 Å². The van der Waals surface area contributed by atoms with Crippen LogP contribution in [0.15, 0.2) is 0 Å². The largest absolute Gasteiger partial charge is 0.355 e. The number of hydrogen-bond acceptors (Lipinski definition) is 2. The van der Waals surface area contributed by atoms with Gasteiger partial charge in [-0.05, 0) is 44.7 Å². The van der Waals surface area contributed by atoms with Crippen LogP contribution in [-0.4, -0.2) is 25.5 Å². The summed E-state index contributed by atoms with van der Waals surface area (Å²) in [5.74, 6) is 1.04. The van der Waals surface area contributed by atoms with Gasteiger partial charge in [0.1, 0.15) is 0 Å². The summed E-state index contributed by atoms with van der Waals surface area (Å²) in [6, 6.07) is 0. The molecule has 0 bridgehead atoms. The number of hydrogen-bond donors (Lipinski definition) is 2. The van der Waals surface area contributed by atoms with Gasteiger partial charge >= 0.3 is 0 Å². The molecule has 2 N–H and O–H groups in total. The number of piperidine rings is 1. The summed E-state index contributed by atoms with van der Waals surface area (Å²) in [6.45, 7) is 4.96. The number of carbonyl (C=O) groups is 1. The summed E-state index contributed by atoms with van der Waals surface area (Å²) in [5.41, 5.74) is -0.116. The minimum absolute atomic E-state index is 0.116. The molecule has 0 radical (unpaired) electrons. The highest BCUT2D eigenvalue weighted by Crippen LogP contribution is 2.29. The zero-order valence-corrected chi connectivity index (χ0v) is 9.64. The lowest BCUT2D eigenvalue weighted by atomic mass is 9.79. The maximum atomic E-state index is 12.0. The van der Waals surface area contributed by atoms with Gasteiger partial charge in [0.2, 0.25) is 5.91 Å². The first-order chi connectivity index (χ1) is 7.21. The van der Waals surface area contributed by atoms with E-state index in [9.17, 15) is 4.79 Å². The molecule has 3 heteroatoms. The SMILES string of the molecule is CC1(C(=O)NCC2CCC2)CCNCC1. The van der Waals surface area contributed by atoms with E-state index in [0.29, 0.717) is 0 Å². The summed E-state index contributed by atoms with van der Waals surface area (Å²) in [6.07, 6.45) is 5.91. The van der Waals surface area contributed by atoms with E-state index in [1.54, 1.807) is 0 Å². The van der Waals surface area contributed by atoms with Gasteiger partial charge in [-0.15, -0.1) is 0 Å². The van der Waals surface area contributed by atoms with E-state index >= 15 is 0 Å². The normalized spacial score (nSPS) is 25.7. The highest BCUT2D eigenvalue weighted by molar-refractivity contribution is 5.82. The Kier molecular flexibility index (Phi) is 3.29. The molecule has 1 saturated carbocycles. The molecule has 2 fully saturated rings. The van der Waals surface area contributed by atoms with Crippen molar-refractivity contribution in [2.45, 2.75) is 39.0 Å². The first-order valence-corrected chi connectivity index (χ1v) is 6.20. The Morgan fingerprint density at radius 3 is 2.60 bits per heavy atom. The minimum Gasteiger partial charge on any atom is -0.355 e. The summed E-state index contributed by atoms with van der Waals surface area (Å²) in [4.78, 5) is 12.0. The lowest BCUT2D eigenvalue weighted by molar-refractivity contribution is -0.131. The maximum absolute atomic E-state index is 12.0. The third kappa shape index (κ3) is 2.51. The van der Waals surface area contributed by atoms with Gasteiger partial charge in [0.25, 0.3) is 0 Å². The number of rotatable bonds is 3. The fraction of sp³-hybridized carbons (Fsp3) is 0.917. The first-order valence-electron chi connectivity index (χ1n) is 6.20. The average molecular weight is 210 g/mol. The van der Waals surface area contributed by atoms with E-state index < -0.39 is 0 Å². The van der Waals surface area contributed by atoms with Crippen LogP contribution in [0.4, 0.5) is 0 Å². The Bertz CT molecular complexity index is 230. The molecule has 1 aliphatic heterocycles. The van der Waals surface area contributed by atoms with Crippen LogP contribution in [0.5, 0.6) is 0 Å². The van der Waals surface area contributed by atoms with Gasteiger partial charge < -0.3 is 10.6 Å². The van der Waals surface area contributed by atoms with Crippen molar-refractivity contribution >= 4 is 5.91 Å². The van der Waals surface area contributed by atoms with Crippen molar-refractivity contribution in [2.24, 2.45) is 11.3 Å². The molecule has 86 valence electrons. The standard InChI is InChI=1S/C12H22N2O/c1-12(5-7-13-8-6-12)11(15)14-9-10-3-2-4-10/h10,13H,2-9H2,1H3,(H,14,15). The molecule has 0 aromatic rings. The van der Waals surface area contributed by atoms with Gasteiger partial charge in [-0.2, -0.15) is 0 Å². The van der Waals surface area contributed by atoms with Crippen LogP contribution in [0.25, 0.3) is 0 Å². The van der Waals surface area contributed by atoms with E-state index in [4.69, 9.17) is 0 Å². The third-order valence-electron chi connectivity index (χ3n) is 4.03. The Balaban J connectivity index is 1.77. The van der Waals surface area contributed by atoms with Crippen LogP contribution >= 0.6 is 0 Å². The van der Waals surface area contributed by atoms with Gasteiger partial charge in [-0.25, -0.2) is 0 Å². The molecule has 1 amide bonds. The second-order valence-corrected chi connectivity index (χ2v) is 5.32. The van der Waals surface area contributed by atoms with Crippen LogP contribution in [0.1, 0.15) is 39.0 Å². The molecule has 0 unspecified atom stereocenters. The molecule has 0 atom stereocenters. The highest BCUT2D eigenvalue weighted by atomic mass is 16.2. The van der Waals surface area contributed by atoms with Crippen LogP contribution < -0.4 is 10.6 Å². The van der Waals surface area contributed by atoms with Crippen molar-refractivity contribution in [3.63, 3.8) is 0 Å². The summed E-state index contributed by atoms with van der Waals surface area (Å²) in [5, 5.41) is 6.43. The van der Waals surface area contributed by atoms with E-state index in [1.165, 1.54) is 19.3 Å². The topological polar surface area (TPSA) is 41.1 Å². The molecule has 3 nitrogen and oxygen atoms in total. The Labute approximate surface area is 92.0 Å². The van der Waals surface area contributed by atoms with E-state index in [0.717, 1.165) is 38.4 Å². The number of nitrogens with one attached hydrogen (secondary N) is 2. The molecule has 0 aromatic heterocycles. The Hall–Kier alpha value is -0.570. The maximum Gasteiger partial charge on any atom is 0.226 e. The van der Waals surface area contributed by atoms with Gasteiger partial charge in [-0.3, -0.25) is 4.79 Å². The first kappa shape index (κ1) is 10.9. The second-order valence-electron chi connectivity index (χ2n) is 5.32. The lowest BCUT2D eigenvalue weighted by Crippen LogP contribution is -2.47. The zero-order chi connectivity index (χ0) is 10.7. The quantitative estimate of drug-likeness (QED) is 0.737. The molecular formula is C12H22N2O. The summed E-state index contributed by atoms with van der Waals surface area (Å²) >= 11 is 0. The van der Waals surface area contributed by atoms with Crippen LogP contribution in [0.3, 0.4) is 0 Å². The fourth-order valence-electron chi connectivity index (χ4n) is 2.35. The molecule has 1 aliphatic carbocycles. The molecule has 1 saturated heterocycles. The van der Waals surface area contributed by atoms with E-state index in [1.807, 2.05) is 0 Å². The highest BCUT2D eigenvalue weighted by Gasteiger charge is 2.34. The lowest BCUT2D eigenvalue weighted by Gasteiger charge is -2.34. The minimum atomic E-state index is -0.116. The van der Waals surface area contributed by atoms with Crippen LogP contribution in [0, 0.1) is 11.3 Å². The summed E-state index contributed by atoms with van der Waals surface area (Å²) in [7, 11) is 0. The Morgan fingerprint density at radius 1 is 1.40 bits per heavy atom. The van der Waals surface area contributed by atoms with Gasteiger partial charge in [0, 0.05) is 12.0 Å². The van der Waals surface area contributed by atoms with Crippen molar-refractivity contribution in [1.29, 1.82) is 0 Å². The van der Waals surface area contributed by atoms with Crippen molar-refractivity contribution in [3.8, 4) is 0 Å². The molecular weight excluding hydrogens is 188 g/mol. The van der Waals surface area contributed by atoms with Crippen molar-refractivity contribution in [2.75, 3.05) is 19.6 Å². The fourth-order valence-corrected chi connectivity index (χ4v) is 2.35. The van der Waals surface area contributed by atoms with Crippen molar-refractivity contribution in [3.05, 3.63) is 0 Å². The van der Waals surface area contributed by atoms with Crippen molar-refractivity contribution < 1.29 is 4.79 Å². The monoisotopic (exact) mass is 210 g/mol.